The Morgan fingerprint density at radius 3 is 2.38 bits per heavy atom. The number of rotatable bonds is 4. The SMILES string of the molecule is COc1ccc(-n2c(=O)[nH]c3ccc(OC)cc3c2=O)c(CO)c1. The summed E-state index contributed by atoms with van der Waals surface area (Å²) in [6.07, 6.45) is 0. The molecule has 1 heterocycles. The first-order chi connectivity index (χ1) is 11.6. The summed E-state index contributed by atoms with van der Waals surface area (Å²) in [5.41, 5.74) is 0.0460. The van der Waals surface area contributed by atoms with Crippen LogP contribution >= 0.6 is 0 Å². The van der Waals surface area contributed by atoms with Crippen LogP contribution in [0.4, 0.5) is 0 Å². The van der Waals surface area contributed by atoms with E-state index in [1.807, 2.05) is 0 Å². The molecule has 0 amide bonds. The summed E-state index contributed by atoms with van der Waals surface area (Å²) in [7, 11) is 3.00. The Morgan fingerprint density at radius 2 is 1.71 bits per heavy atom. The van der Waals surface area contributed by atoms with Crippen molar-refractivity contribution in [2.24, 2.45) is 0 Å². The first-order valence-electron chi connectivity index (χ1n) is 7.20. The predicted octanol–water partition coefficient (Wildman–Crippen LogP) is 1.19. The van der Waals surface area contributed by atoms with Crippen LogP contribution in [-0.2, 0) is 6.61 Å². The van der Waals surface area contributed by atoms with Crippen molar-refractivity contribution in [3.05, 3.63) is 62.8 Å². The highest BCUT2D eigenvalue weighted by Gasteiger charge is 2.14. The Hall–Kier alpha value is -3.06. The summed E-state index contributed by atoms with van der Waals surface area (Å²) in [4.78, 5) is 27.9. The molecule has 0 radical (unpaired) electrons. The van der Waals surface area contributed by atoms with Crippen LogP contribution in [0.2, 0.25) is 0 Å². The minimum absolute atomic E-state index is 0.300. The number of fused-ring (bicyclic) bond motifs is 1. The lowest BCUT2D eigenvalue weighted by Crippen LogP contribution is -2.34. The Morgan fingerprint density at radius 1 is 1.04 bits per heavy atom. The number of aliphatic hydroxyl groups is 1. The van der Waals surface area contributed by atoms with E-state index < -0.39 is 11.2 Å². The Labute approximate surface area is 136 Å². The smallest absolute Gasteiger partial charge is 0.333 e. The first-order valence-corrected chi connectivity index (χ1v) is 7.20. The maximum absolute atomic E-state index is 12.8. The maximum atomic E-state index is 12.8. The lowest BCUT2D eigenvalue weighted by molar-refractivity contribution is 0.280. The number of hydrogen-bond acceptors (Lipinski definition) is 5. The Bertz CT molecular complexity index is 1020. The molecular weight excluding hydrogens is 312 g/mol. The molecule has 0 aliphatic carbocycles. The Balaban J connectivity index is 2.34. The summed E-state index contributed by atoms with van der Waals surface area (Å²) in [6.45, 7) is -0.339. The fourth-order valence-corrected chi connectivity index (χ4v) is 2.57. The van der Waals surface area contributed by atoms with Gasteiger partial charge in [0.2, 0.25) is 0 Å². The van der Waals surface area contributed by atoms with E-state index in [4.69, 9.17) is 9.47 Å². The lowest BCUT2D eigenvalue weighted by atomic mass is 10.1. The van der Waals surface area contributed by atoms with Crippen molar-refractivity contribution in [2.45, 2.75) is 6.61 Å². The predicted molar refractivity (Wildman–Crippen MR) is 89.2 cm³/mol. The van der Waals surface area contributed by atoms with Gasteiger partial charge in [-0.3, -0.25) is 4.79 Å². The van der Waals surface area contributed by atoms with Gasteiger partial charge in [0, 0.05) is 5.56 Å². The molecular formula is C17H16N2O5. The highest BCUT2D eigenvalue weighted by Crippen LogP contribution is 2.21. The molecule has 0 saturated heterocycles. The van der Waals surface area contributed by atoms with Crippen LogP contribution in [0.1, 0.15) is 5.56 Å². The number of nitrogens with one attached hydrogen (secondary N) is 1. The minimum Gasteiger partial charge on any atom is -0.497 e. The zero-order valence-corrected chi connectivity index (χ0v) is 13.2. The van der Waals surface area contributed by atoms with Gasteiger partial charge in [-0.05, 0) is 36.4 Å². The maximum Gasteiger partial charge on any atom is 0.333 e. The topological polar surface area (TPSA) is 93.5 Å². The zero-order valence-electron chi connectivity index (χ0n) is 13.2. The second-order valence-corrected chi connectivity index (χ2v) is 5.13. The van der Waals surface area contributed by atoms with E-state index >= 15 is 0 Å². The van der Waals surface area contributed by atoms with Crippen LogP contribution in [-0.4, -0.2) is 28.9 Å². The molecule has 0 aliphatic heterocycles. The largest absolute Gasteiger partial charge is 0.497 e. The molecule has 7 nitrogen and oxygen atoms in total. The molecule has 0 unspecified atom stereocenters. The lowest BCUT2D eigenvalue weighted by Gasteiger charge is -2.12. The second kappa shape index (κ2) is 6.21. The Kier molecular flexibility index (Phi) is 4.09. The van der Waals surface area contributed by atoms with Crippen molar-refractivity contribution in [3.63, 3.8) is 0 Å². The molecule has 7 heteroatoms. The molecule has 0 bridgehead atoms. The molecule has 24 heavy (non-hydrogen) atoms. The quantitative estimate of drug-likeness (QED) is 0.750. The van der Waals surface area contributed by atoms with E-state index in [1.165, 1.54) is 14.2 Å². The molecule has 1 aromatic heterocycles. The first kappa shape index (κ1) is 15.8. The average molecular weight is 328 g/mol. The number of benzene rings is 2. The summed E-state index contributed by atoms with van der Waals surface area (Å²) >= 11 is 0. The van der Waals surface area contributed by atoms with Crippen molar-refractivity contribution in [1.82, 2.24) is 9.55 Å². The molecule has 0 spiro atoms. The van der Waals surface area contributed by atoms with Gasteiger partial charge in [-0.1, -0.05) is 0 Å². The van der Waals surface area contributed by atoms with Crippen LogP contribution in [0.15, 0.2) is 46.0 Å². The number of ether oxygens (including phenoxy) is 2. The van der Waals surface area contributed by atoms with Gasteiger partial charge in [0.05, 0.1) is 37.4 Å². The number of nitrogens with zero attached hydrogens (tertiary/aromatic N) is 1. The summed E-state index contributed by atoms with van der Waals surface area (Å²) in [5.74, 6) is 1.03. The van der Waals surface area contributed by atoms with Gasteiger partial charge in [-0.15, -0.1) is 0 Å². The molecule has 0 fully saturated rings. The number of hydrogen-bond donors (Lipinski definition) is 2. The summed E-state index contributed by atoms with van der Waals surface area (Å²) in [5, 5.41) is 9.89. The molecule has 2 aromatic carbocycles. The third-order valence-electron chi connectivity index (χ3n) is 3.80. The van der Waals surface area contributed by atoms with Crippen molar-refractivity contribution in [2.75, 3.05) is 14.2 Å². The number of H-pyrrole nitrogens is 1. The number of aromatic amines is 1. The van der Waals surface area contributed by atoms with Crippen LogP contribution in [0.3, 0.4) is 0 Å². The highest BCUT2D eigenvalue weighted by atomic mass is 16.5. The minimum atomic E-state index is -0.586. The normalized spacial score (nSPS) is 10.8. The van der Waals surface area contributed by atoms with Gasteiger partial charge in [0.15, 0.2) is 0 Å². The number of aliphatic hydroxyl groups excluding tert-OH is 1. The van der Waals surface area contributed by atoms with E-state index in [-0.39, 0.29) is 6.61 Å². The molecule has 3 aromatic rings. The average Bonchev–Trinajstić information content (AvgIpc) is 2.61. The molecule has 3 rings (SSSR count). The fraction of sp³-hybridized carbons (Fsp3) is 0.176. The summed E-state index contributed by atoms with van der Waals surface area (Å²) in [6, 6.07) is 9.60. The van der Waals surface area contributed by atoms with E-state index in [2.05, 4.69) is 4.98 Å². The van der Waals surface area contributed by atoms with Gasteiger partial charge >= 0.3 is 5.69 Å². The van der Waals surface area contributed by atoms with E-state index in [0.717, 1.165) is 4.57 Å². The fourth-order valence-electron chi connectivity index (χ4n) is 2.57. The van der Waals surface area contributed by atoms with Crippen LogP contribution in [0.5, 0.6) is 11.5 Å². The van der Waals surface area contributed by atoms with Crippen molar-refractivity contribution in [3.8, 4) is 17.2 Å². The van der Waals surface area contributed by atoms with Crippen LogP contribution in [0.25, 0.3) is 16.6 Å². The number of methoxy groups -OCH3 is 2. The molecule has 124 valence electrons. The van der Waals surface area contributed by atoms with Gasteiger partial charge in [-0.2, -0.15) is 0 Å². The molecule has 0 atom stereocenters. The monoisotopic (exact) mass is 328 g/mol. The van der Waals surface area contributed by atoms with Crippen molar-refractivity contribution >= 4 is 10.9 Å². The van der Waals surface area contributed by atoms with Gasteiger partial charge in [0.25, 0.3) is 5.56 Å². The highest BCUT2D eigenvalue weighted by molar-refractivity contribution is 5.79. The van der Waals surface area contributed by atoms with Crippen molar-refractivity contribution < 1.29 is 14.6 Å². The van der Waals surface area contributed by atoms with Gasteiger partial charge in [-0.25, -0.2) is 9.36 Å². The number of aromatic nitrogens is 2. The third-order valence-corrected chi connectivity index (χ3v) is 3.80. The van der Waals surface area contributed by atoms with E-state index in [1.54, 1.807) is 36.4 Å². The third kappa shape index (κ3) is 2.55. The van der Waals surface area contributed by atoms with Gasteiger partial charge in [0.1, 0.15) is 11.5 Å². The summed E-state index contributed by atoms with van der Waals surface area (Å²) < 4.78 is 11.2. The molecule has 0 aliphatic rings. The molecule has 0 saturated carbocycles. The van der Waals surface area contributed by atoms with Crippen LogP contribution < -0.4 is 20.7 Å². The zero-order chi connectivity index (χ0) is 17.3. The second-order valence-electron chi connectivity index (χ2n) is 5.13. The van der Waals surface area contributed by atoms with Crippen LogP contribution in [0, 0.1) is 0 Å². The molecule has 2 N–H and O–H groups in total. The van der Waals surface area contributed by atoms with Gasteiger partial charge < -0.3 is 19.6 Å². The van der Waals surface area contributed by atoms with E-state index in [0.29, 0.717) is 33.7 Å². The standard InChI is InChI=1S/C17H16N2O5/c1-23-11-4-6-15(10(7-11)9-20)19-16(21)13-8-12(24-2)3-5-14(13)18-17(19)22/h3-8,20H,9H2,1-2H3,(H,18,22). The van der Waals surface area contributed by atoms with E-state index in [9.17, 15) is 14.7 Å². The van der Waals surface area contributed by atoms with Crippen molar-refractivity contribution in [1.29, 1.82) is 0 Å².